The molecule has 0 aliphatic rings. The Kier molecular flexibility index (Phi) is 6.21. The van der Waals surface area contributed by atoms with Gasteiger partial charge in [0.05, 0.1) is 6.54 Å². The van der Waals surface area contributed by atoms with Gasteiger partial charge in [-0.1, -0.05) is 86.1 Å². The van der Waals surface area contributed by atoms with Crippen molar-refractivity contribution in [2.24, 2.45) is 0 Å². The summed E-state index contributed by atoms with van der Waals surface area (Å²) in [5, 5.41) is 0. The third-order valence-electron chi connectivity index (χ3n) is 4.51. The number of carbonyl (C=O) groups is 1. The highest BCUT2D eigenvalue weighted by molar-refractivity contribution is 5.93. The Labute approximate surface area is 156 Å². The van der Waals surface area contributed by atoms with Crippen molar-refractivity contribution in [3.63, 3.8) is 0 Å². The first-order chi connectivity index (χ1) is 12.8. The first kappa shape index (κ1) is 17.9. The molecule has 1 amide bonds. The largest absolute Gasteiger partial charge is 0.308 e. The molecule has 3 aromatic carbocycles. The Morgan fingerprint density at radius 2 is 1.35 bits per heavy atom. The van der Waals surface area contributed by atoms with Crippen LogP contribution in [0.3, 0.4) is 0 Å². The molecule has 0 saturated heterocycles. The summed E-state index contributed by atoms with van der Waals surface area (Å²) in [5.74, 6) is 0.185. The maximum Gasteiger partial charge on any atom is 0.227 e. The van der Waals surface area contributed by atoms with Crippen molar-refractivity contribution >= 4 is 11.6 Å². The first-order valence-corrected chi connectivity index (χ1v) is 9.27. The molecule has 132 valence electrons. The second-order valence-electron chi connectivity index (χ2n) is 6.48. The number of para-hydroxylation sites is 1. The van der Waals surface area contributed by atoms with Crippen LogP contribution < -0.4 is 4.90 Å². The van der Waals surface area contributed by atoms with Crippen LogP contribution in [0.25, 0.3) is 11.1 Å². The van der Waals surface area contributed by atoms with Gasteiger partial charge < -0.3 is 4.90 Å². The van der Waals surface area contributed by atoms with Gasteiger partial charge in [-0.2, -0.15) is 0 Å². The lowest BCUT2D eigenvalue weighted by Gasteiger charge is -2.23. The lowest BCUT2D eigenvalue weighted by atomic mass is 10.0. The number of carbonyl (C=O) groups excluding carboxylic acids is 1. The van der Waals surface area contributed by atoms with Gasteiger partial charge in [0.15, 0.2) is 0 Å². The summed E-state index contributed by atoms with van der Waals surface area (Å²) in [7, 11) is 0. The Morgan fingerprint density at radius 1 is 0.769 bits per heavy atom. The van der Waals surface area contributed by atoms with Gasteiger partial charge in [-0.05, 0) is 35.2 Å². The average molecular weight is 343 g/mol. The van der Waals surface area contributed by atoms with Gasteiger partial charge >= 0.3 is 0 Å². The van der Waals surface area contributed by atoms with E-state index in [-0.39, 0.29) is 5.91 Å². The van der Waals surface area contributed by atoms with Crippen LogP contribution in [0.4, 0.5) is 5.69 Å². The van der Waals surface area contributed by atoms with Crippen LogP contribution in [0.15, 0.2) is 84.9 Å². The van der Waals surface area contributed by atoms with Gasteiger partial charge in [-0.3, -0.25) is 4.79 Å². The molecule has 0 fully saturated rings. The van der Waals surface area contributed by atoms with Gasteiger partial charge in [0.2, 0.25) is 5.91 Å². The summed E-state index contributed by atoms with van der Waals surface area (Å²) in [6, 6.07) is 28.8. The lowest BCUT2D eigenvalue weighted by molar-refractivity contribution is -0.118. The van der Waals surface area contributed by atoms with Crippen LogP contribution in [-0.4, -0.2) is 5.91 Å². The monoisotopic (exact) mass is 343 g/mol. The molecule has 0 spiro atoms. The minimum atomic E-state index is 0.185. The van der Waals surface area contributed by atoms with Gasteiger partial charge in [0.1, 0.15) is 0 Å². The first-order valence-electron chi connectivity index (χ1n) is 9.27. The van der Waals surface area contributed by atoms with E-state index in [0.717, 1.165) is 24.1 Å². The molecule has 0 unspecified atom stereocenters. The van der Waals surface area contributed by atoms with Gasteiger partial charge in [0.25, 0.3) is 0 Å². The zero-order chi connectivity index (χ0) is 18.2. The zero-order valence-electron chi connectivity index (χ0n) is 15.3. The fourth-order valence-electron chi connectivity index (χ4n) is 3.01. The smallest absolute Gasteiger partial charge is 0.227 e. The van der Waals surface area contributed by atoms with Crippen molar-refractivity contribution in [3.8, 4) is 11.1 Å². The predicted molar refractivity (Wildman–Crippen MR) is 109 cm³/mol. The normalized spacial score (nSPS) is 10.5. The number of unbranched alkanes of at least 4 members (excludes halogenated alkanes) is 1. The highest BCUT2D eigenvalue weighted by Gasteiger charge is 2.15. The SMILES string of the molecule is CCCCC(=O)N(Cc1ccc(-c2ccccc2)cc1)c1ccccc1. The number of benzene rings is 3. The van der Waals surface area contributed by atoms with E-state index in [0.29, 0.717) is 13.0 Å². The third kappa shape index (κ3) is 4.60. The minimum absolute atomic E-state index is 0.185. The number of hydrogen-bond donors (Lipinski definition) is 0. The second-order valence-corrected chi connectivity index (χ2v) is 6.48. The maximum atomic E-state index is 12.7. The molecule has 0 radical (unpaired) electrons. The highest BCUT2D eigenvalue weighted by atomic mass is 16.2. The van der Waals surface area contributed by atoms with Crippen molar-refractivity contribution in [2.45, 2.75) is 32.7 Å². The maximum absolute atomic E-state index is 12.7. The fraction of sp³-hybridized carbons (Fsp3) is 0.208. The molecule has 2 heteroatoms. The van der Waals surface area contributed by atoms with E-state index in [2.05, 4.69) is 43.3 Å². The second kappa shape index (κ2) is 9.00. The molecular formula is C24H25NO. The summed E-state index contributed by atoms with van der Waals surface area (Å²) < 4.78 is 0. The number of hydrogen-bond acceptors (Lipinski definition) is 1. The van der Waals surface area contributed by atoms with E-state index in [4.69, 9.17) is 0 Å². The van der Waals surface area contributed by atoms with Crippen molar-refractivity contribution < 1.29 is 4.79 Å². The van der Waals surface area contributed by atoms with Gasteiger partial charge in [-0.15, -0.1) is 0 Å². The molecule has 0 aromatic heterocycles. The topological polar surface area (TPSA) is 20.3 Å². The quantitative estimate of drug-likeness (QED) is 0.509. The number of rotatable bonds is 7. The van der Waals surface area contributed by atoms with Crippen molar-refractivity contribution in [2.75, 3.05) is 4.90 Å². The van der Waals surface area contributed by atoms with Crippen LogP contribution >= 0.6 is 0 Å². The third-order valence-corrected chi connectivity index (χ3v) is 4.51. The van der Waals surface area contributed by atoms with Crippen LogP contribution in [0, 0.1) is 0 Å². The van der Waals surface area contributed by atoms with E-state index in [1.807, 2.05) is 53.4 Å². The summed E-state index contributed by atoms with van der Waals surface area (Å²) in [6.07, 6.45) is 2.54. The van der Waals surface area contributed by atoms with Crippen LogP contribution in [0.5, 0.6) is 0 Å². The molecule has 0 atom stereocenters. The zero-order valence-corrected chi connectivity index (χ0v) is 15.3. The highest BCUT2D eigenvalue weighted by Crippen LogP contribution is 2.22. The molecule has 0 N–H and O–H groups in total. The van der Waals surface area contributed by atoms with Crippen molar-refractivity contribution in [1.29, 1.82) is 0 Å². The van der Waals surface area contributed by atoms with E-state index < -0.39 is 0 Å². The average Bonchev–Trinajstić information content (AvgIpc) is 2.72. The van der Waals surface area contributed by atoms with Crippen LogP contribution in [-0.2, 0) is 11.3 Å². The molecule has 0 saturated carbocycles. The van der Waals surface area contributed by atoms with Crippen molar-refractivity contribution in [1.82, 2.24) is 0 Å². The predicted octanol–water partition coefficient (Wildman–Crippen LogP) is 6.08. The molecule has 3 rings (SSSR count). The van der Waals surface area contributed by atoms with Gasteiger partial charge in [0, 0.05) is 12.1 Å². The van der Waals surface area contributed by atoms with Crippen molar-refractivity contribution in [3.05, 3.63) is 90.5 Å². The lowest BCUT2D eigenvalue weighted by Crippen LogP contribution is -2.30. The Bertz CT molecular complexity index is 810. The minimum Gasteiger partial charge on any atom is -0.308 e. The molecule has 0 heterocycles. The Balaban J connectivity index is 1.79. The van der Waals surface area contributed by atoms with Crippen LogP contribution in [0.2, 0.25) is 0 Å². The van der Waals surface area contributed by atoms with E-state index >= 15 is 0 Å². The molecular weight excluding hydrogens is 318 g/mol. The summed E-state index contributed by atoms with van der Waals surface area (Å²) >= 11 is 0. The molecule has 0 aliphatic carbocycles. The summed E-state index contributed by atoms with van der Waals surface area (Å²) in [6.45, 7) is 2.71. The summed E-state index contributed by atoms with van der Waals surface area (Å²) in [4.78, 5) is 14.6. The van der Waals surface area contributed by atoms with E-state index in [1.54, 1.807) is 0 Å². The summed E-state index contributed by atoms with van der Waals surface area (Å²) in [5.41, 5.74) is 4.50. The fourth-order valence-corrected chi connectivity index (χ4v) is 3.01. The number of anilines is 1. The molecule has 26 heavy (non-hydrogen) atoms. The Hall–Kier alpha value is -2.87. The Morgan fingerprint density at radius 3 is 1.96 bits per heavy atom. The van der Waals surface area contributed by atoms with Gasteiger partial charge in [-0.25, -0.2) is 0 Å². The van der Waals surface area contributed by atoms with E-state index in [9.17, 15) is 4.79 Å². The standard InChI is InChI=1S/C24H25NO/c1-2-3-14-24(26)25(23-12-8-5-9-13-23)19-20-15-17-22(18-16-20)21-10-6-4-7-11-21/h4-13,15-18H,2-3,14,19H2,1H3. The van der Waals surface area contributed by atoms with E-state index in [1.165, 1.54) is 11.1 Å². The molecule has 0 bridgehead atoms. The number of nitrogens with zero attached hydrogens (tertiary/aromatic N) is 1. The molecule has 3 aromatic rings. The molecule has 2 nitrogen and oxygen atoms in total. The van der Waals surface area contributed by atoms with Crippen LogP contribution in [0.1, 0.15) is 31.7 Å². The molecule has 0 aliphatic heterocycles. The number of amides is 1.